The third-order valence-corrected chi connectivity index (χ3v) is 4.43. The number of hydrogen-bond donors (Lipinski definition) is 1. The number of benzene rings is 2. The Labute approximate surface area is 156 Å². The standard InChI is InChI=1S/C10H9NO2.C9H7NO2.CH3F/c1-11-3-2-7-4-9-10(5-8(7)11)13-6-12-9;1-2-10-7-4-9-8(3-6(1)7)11-5-12-9;1-2/h2-5H,6H2,1H3;1-4,10H,5H2;1H3/i;;1D. The van der Waals surface area contributed by atoms with E-state index >= 15 is 0 Å². The van der Waals surface area contributed by atoms with Crippen LogP contribution in [-0.2, 0) is 7.05 Å². The summed E-state index contributed by atoms with van der Waals surface area (Å²) in [6.07, 6.45) is 3.93. The second kappa shape index (κ2) is 7.11. The van der Waals surface area contributed by atoms with Crippen molar-refractivity contribution in [3.05, 3.63) is 48.8 Å². The molecule has 0 saturated heterocycles. The van der Waals surface area contributed by atoms with Crippen molar-refractivity contribution in [2.45, 2.75) is 0 Å². The minimum absolute atomic E-state index is 0.335. The molecule has 0 radical (unpaired) electrons. The van der Waals surface area contributed by atoms with Gasteiger partial charge >= 0.3 is 0 Å². The van der Waals surface area contributed by atoms with Crippen LogP contribution >= 0.6 is 0 Å². The summed E-state index contributed by atoms with van der Waals surface area (Å²) in [5, 5.41) is 2.34. The van der Waals surface area contributed by atoms with Gasteiger partial charge in [0.25, 0.3) is 0 Å². The molecular formula is C20H19FN2O4. The summed E-state index contributed by atoms with van der Waals surface area (Å²) in [4.78, 5) is 3.11. The Bertz CT molecular complexity index is 1070. The third-order valence-electron chi connectivity index (χ3n) is 4.43. The van der Waals surface area contributed by atoms with Gasteiger partial charge < -0.3 is 28.5 Å². The van der Waals surface area contributed by atoms with Crippen LogP contribution in [0.4, 0.5) is 4.39 Å². The van der Waals surface area contributed by atoms with Gasteiger partial charge in [0, 0.05) is 47.9 Å². The topological polar surface area (TPSA) is 57.6 Å². The highest BCUT2D eigenvalue weighted by molar-refractivity contribution is 5.84. The lowest BCUT2D eigenvalue weighted by atomic mass is 10.2. The lowest BCUT2D eigenvalue weighted by molar-refractivity contribution is 0.173. The smallest absolute Gasteiger partial charge is 0.231 e. The van der Waals surface area contributed by atoms with E-state index in [1.807, 2.05) is 49.8 Å². The largest absolute Gasteiger partial charge is 0.454 e. The van der Waals surface area contributed by atoms with E-state index in [-0.39, 0.29) is 0 Å². The second-order valence-electron chi connectivity index (χ2n) is 5.96. The van der Waals surface area contributed by atoms with Gasteiger partial charge in [-0.1, -0.05) is 0 Å². The molecule has 27 heavy (non-hydrogen) atoms. The van der Waals surface area contributed by atoms with Gasteiger partial charge in [-0.2, -0.15) is 0 Å². The fraction of sp³-hybridized carbons (Fsp3) is 0.200. The minimum Gasteiger partial charge on any atom is -0.454 e. The molecule has 0 saturated carbocycles. The quantitative estimate of drug-likeness (QED) is 0.498. The molecule has 1 N–H and O–H groups in total. The number of H-pyrrole nitrogens is 1. The van der Waals surface area contributed by atoms with Crippen LogP contribution < -0.4 is 18.9 Å². The van der Waals surface area contributed by atoms with Gasteiger partial charge in [-0.3, -0.25) is 4.39 Å². The number of fused-ring (bicyclic) bond motifs is 4. The Balaban J connectivity index is 0.000000121. The van der Waals surface area contributed by atoms with E-state index < -0.39 is 7.15 Å². The highest BCUT2D eigenvalue weighted by Crippen LogP contribution is 2.36. The zero-order chi connectivity index (χ0) is 19.5. The molecule has 4 heterocycles. The van der Waals surface area contributed by atoms with Crippen LogP contribution in [0.15, 0.2) is 48.8 Å². The number of alkyl halides is 1. The highest BCUT2D eigenvalue weighted by atomic mass is 19.1. The maximum absolute atomic E-state index is 9.96. The van der Waals surface area contributed by atoms with Crippen molar-refractivity contribution in [1.29, 1.82) is 0 Å². The lowest BCUT2D eigenvalue weighted by Crippen LogP contribution is -1.92. The van der Waals surface area contributed by atoms with Gasteiger partial charge in [-0.05, 0) is 24.3 Å². The molecule has 6 nitrogen and oxygen atoms in total. The number of nitrogens with zero attached hydrogens (tertiary/aromatic N) is 1. The highest BCUT2D eigenvalue weighted by Gasteiger charge is 2.15. The molecule has 2 aromatic carbocycles. The summed E-state index contributed by atoms with van der Waals surface area (Å²) in [5.74, 6) is 3.35. The zero-order valence-electron chi connectivity index (χ0n) is 15.7. The van der Waals surface area contributed by atoms with Crippen LogP contribution in [-0.4, -0.2) is 30.3 Å². The average molecular weight is 371 g/mol. The average Bonchev–Trinajstić information content (AvgIpc) is 3.47. The second-order valence-corrected chi connectivity index (χ2v) is 5.96. The van der Waals surface area contributed by atoms with E-state index in [4.69, 9.17) is 20.3 Å². The van der Waals surface area contributed by atoms with Gasteiger partial charge in [-0.15, -0.1) is 0 Å². The van der Waals surface area contributed by atoms with Gasteiger partial charge in [0.15, 0.2) is 23.0 Å². The molecule has 0 spiro atoms. The summed E-state index contributed by atoms with van der Waals surface area (Å²) in [5.41, 5.74) is 2.25. The molecule has 2 aromatic heterocycles. The van der Waals surface area contributed by atoms with Crippen molar-refractivity contribution in [1.82, 2.24) is 9.55 Å². The molecule has 6 rings (SSSR count). The molecule has 2 aliphatic rings. The van der Waals surface area contributed by atoms with Crippen LogP contribution in [0.3, 0.4) is 0 Å². The normalized spacial score (nSPS) is 13.6. The zero-order valence-corrected chi connectivity index (χ0v) is 14.7. The van der Waals surface area contributed by atoms with Gasteiger partial charge in [0.2, 0.25) is 13.6 Å². The summed E-state index contributed by atoms with van der Waals surface area (Å²) < 4.78 is 38.6. The summed E-state index contributed by atoms with van der Waals surface area (Å²) in [6.45, 7) is 0.674. The van der Waals surface area contributed by atoms with Crippen molar-refractivity contribution in [2.75, 3.05) is 20.7 Å². The van der Waals surface area contributed by atoms with E-state index in [1.165, 1.54) is 10.9 Å². The van der Waals surface area contributed by atoms with E-state index in [9.17, 15) is 4.39 Å². The lowest BCUT2D eigenvalue weighted by Gasteiger charge is -1.98. The van der Waals surface area contributed by atoms with Crippen LogP contribution in [0.1, 0.15) is 1.37 Å². The van der Waals surface area contributed by atoms with Crippen molar-refractivity contribution in [3.63, 3.8) is 0 Å². The van der Waals surface area contributed by atoms with E-state index in [0.29, 0.717) is 13.6 Å². The molecule has 0 amide bonds. The maximum Gasteiger partial charge on any atom is 0.231 e. The first-order valence-corrected chi connectivity index (χ1v) is 8.26. The van der Waals surface area contributed by atoms with Crippen LogP contribution in [0, 0.1) is 0 Å². The maximum atomic E-state index is 9.96. The molecule has 0 atom stereocenters. The van der Waals surface area contributed by atoms with Gasteiger partial charge in [-0.25, -0.2) is 0 Å². The molecule has 0 unspecified atom stereocenters. The number of aryl methyl sites for hydroxylation is 1. The molecular weight excluding hydrogens is 351 g/mol. The molecule has 0 bridgehead atoms. The van der Waals surface area contributed by atoms with Gasteiger partial charge in [0.1, 0.15) is 0 Å². The molecule has 4 aromatic rings. The number of rotatable bonds is 0. The van der Waals surface area contributed by atoms with Crippen LogP contribution in [0.25, 0.3) is 21.8 Å². The van der Waals surface area contributed by atoms with Crippen molar-refractivity contribution in [2.24, 2.45) is 7.05 Å². The summed E-state index contributed by atoms with van der Waals surface area (Å²) in [6, 6.07) is 12.0. The molecule has 2 aliphatic heterocycles. The Morgan fingerprint density at radius 1 is 0.926 bits per heavy atom. The molecule has 0 aliphatic carbocycles. The fourth-order valence-electron chi connectivity index (χ4n) is 3.10. The molecule has 140 valence electrons. The third kappa shape index (κ3) is 3.12. The van der Waals surface area contributed by atoms with Crippen LogP contribution in [0.2, 0.25) is 0 Å². The Kier molecular flexibility index (Phi) is 4.18. The van der Waals surface area contributed by atoms with Crippen molar-refractivity contribution < 1.29 is 24.7 Å². The monoisotopic (exact) mass is 371 g/mol. The Morgan fingerprint density at radius 3 is 2.22 bits per heavy atom. The number of aromatic amines is 1. The predicted octanol–water partition coefficient (Wildman–Crippen LogP) is 4.39. The first-order chi connectivity index (χ1) is 13.7. The number of halogens is 1. The van der Waals surface area contributed by atoms with Crippen molar-refractivity contribution >= 4 is 21.8 Å². The number of ether oxygens (including phenoxy) is 4. The Hall–Kier alpha value is -3.35. The minimum atomic E-state index is -1.00. The van der Waals surface area contributed by atoms with Crippen LogP contribution in [0.5, 0.6) is 23.0 Å². The van der Waals surface area contributed by atoms with E-state index in [2.05, 4.69) is 15.6 Å². The predicted molar refractivity (Wildman–Crippen MR) is 100 cm³/mol. The number of hydrogen-bond acceptors (Lipinski definition) is 4. The van der Waals surface area contributed by atoms with E-state index in [1.54, 1.807) is 0 Å². The summed E-state index contributed by atoms with van der Waals surface area (Å²) in [7, 11) is 1.02. The molecule has 7 heteroatoms. The first-order valence-electron chi connectivity index (χ1n) is 8.97. The molecule has 0 fully saturated rings. The SMILES string of the molecule is Cn1ccc2cc3c(cc21)OCO3.[2H]CF.c1cc2cc3c(cc2[nH]1)OCO3. The first kappa shape index (κ1) is 15.9. The summed E-state index contributed by atoms with van der Waals surface area (Å²) >= 11 is 0. The van der Waals surface area contributed by atoms with Crippen molar-refractivity contribution in [3.8, 4) is 23.0 Å². The number of nitrogens with one attached hydrogen (secondary N) is 1. The fourth-order valence-corrected chi connectivity index (χ4v) is 3.10. The Morgan fingerprint density at radius 2 is 1.52 bits per heavy atom. The van der Waals surface area contributed by atoms with Gasteiger partial charge in [0.05, 0.1) is 14.0 Å². The van der Waals surface area contributed by atoms with E-state index in [0.717, 1.165) is 33.9 Å². The number of aromatic nitrogens is 2.